The summed E-state index contributed by atoms with van der Waals surface area (Å²) in [5, 5.41) is 10.8. The van der Waals surface area contributed by atoms with E-state index in [0.717, 1.165) is 11.3 Å². The first kappa shape index (κ1) is 13.5. The molecule has 100 valence electrons. The Bertz CT molecular complexity index is 523. The van der Waals surface area contributed by atoms with Crippen molar-refractivity contribution in [1.29, 1.82) is 0 Å². The van der Waals surface area contributed by atoms with Crippen molar-refractivity contribution < 1.29 is 18.3 Å². The number of carboxylic acids is 1. The molecule has 2 rings (SSSR count). The number of thiophene rings is 1. The van der Waals surface area contributed by atoms with Gasteiger partial charge in [0.25, 0.3) is 10.0 Å². The van der Waals surface area contributed by atoms with Crippen LogP contribution in [0, 0.1) is 11.8 Å². The first-order valence-corrected chi connectivity index (χ1v) is 7.99. The van der Waals surface area contributed by atoms with Crippen LogP contribution >= 0.6 is 11.3 Å². The van der Waals surface area contributed by atoms with Gasteiger partial charge in [-0.25, -0.2) is 8.42 Å². The predicted molar refractivity (Wildman–Crippen MR) is 68.0 cm³/mol. The van der Waals surface area contributed by atoms with Gasteiger partial charge in [-0.2, -0.15) is 4.31 Å². The Kier molecular flexibility index (Phi) is 3.74. The van der Waals surface area contributed by atoms with Gasteiger partial charge in [0.05, 0.1) is 5.92 Å². The molecule has 0 aromatic carbocycles. The molecule has 1 saturated heterocycles. The number of hydrogen-bond acceptors (Lipinski definition) is 4. The summed E-state index contributed by atoms with van der Waals surface area (Å²) in [6.45, 7) is 2.34. The highest BCUT2D eigenvalue weighted by molar-refractivity contribution is 7.91. The van der Waals surface area contributed by atoms with Crippen molar-refractivity contribution in [2.24, 2.45) is 11.8 Å². The summed E-state index contributed by atoms with van der Waals surface area (Å²) in [4.78, 5) is 11.0. The van der Waals surface area contributed by atoms with E-state index in [1.54, 1.807) is 17.5 Å². The molecule has 1 fully saturated rings. The second-order valence-corrected chi connectivity index (χ2v) is 7.74. The average molecular weight is 289 g/mol. The van der Waals surface area contributed by atoms with Crippen molar-refractivity contribution in [2.45, 2.75) is 17.6 Å². The fourth-order valence-electron chi connectivity index (χ4n) is 2.22. The van der Waals surface area contributed by atoms with Crippen LogP contribution in [0.15, 0.2) is 21.7 Å². The lowest BCUT2D eigenvalue weighted by atomic mass is 9.92. The first-order chi connectivity index (χ1) is 8.41. The second-order valence-electron chi connectivity index (χ2n) is 4.63. The van der Waals surface area contributed by atoms with Crippen LogP contribution in [0.2, 0.25) is 0 Å². The van der Waals surface area contributed by atoms with Crippen molar-refractivity contribution in [3.05, 3.63) is 17.5 Å². The zero-order valence-electron chi connectivity index (χ0n) is 9.94. The van der Waals surface area contributed by atoms with Crippen LogP contribution in [0.5, 0.6) is 0 Å². The Balaban J connectivity index is 2.25. The van der Waals surface area contributed by atoms with Gasteiger partial charge in [-0.15, -0.1) is 11.3 Å². The van der Waals surface area contributed by atoms with E-state index >= 15 is 0 Å². The van der Waals surface area contributed by atoms with Crippen LogP contribution in [0.3, 0.4) is 0 Å². The van der Waals surface area contributed by atoms with Gasteiger partial charge in [0.2, 0.25) is 0 Å². The van der Waals surface area contributed by atoms with Crippen molar-refractivity contribution in [3.8, 4) is 0 Å². The van der Waals surface area contributed by atoms with Gasteiger partial charge >= 0.3 is 5.97 Å². The molecule has 0 saturated carbocycles. The minimum absolute atomic E-state index is 0.0644. The minimum Gasteiger partial charge on any atom is -0.481 e. The fourth-order valence-corrected chi connectivity index (χ4v) is 4.97. The molecule has 0 amide bonds. The van der Waals surface area contributed by atoms with Gasteiger partial charge in [0.15, 0.2) is 0 Å². The monoisotopic (exact) mass is 289 g/mol. The highest BCUT2D eigenvalue weighted by Gasteiger charge is 2.36. The molecule has 18 heavy (non-hydrogen) atoms. The largest absolute Gasteiger partial charge is 0.481 e. The van der Waals surface area contributed by atoms with Crippen LogP contribution in [0.4, 0.5) is 0 Å². The van der Waals surface area contributed by atoms with Gasteiger partial charge in [0, 0.05) is 13.1 Å². The van der Waals surface area contributed by atoms with E-state index in [-0.39, 0.29) is 16.7 Å². The maximum Gasteiger partial charge on any atom is 0.307 e. The number of aliphatic carboxylic acids is 1. The van der Waals surface area contributed by atoms with Gasteiger partial charge in [-0.05, 0) is 23.8 Å². The molecule has 0 radical (unpaired) electrons. The molecule has 1 aromatic rings. The summed E-state index contributed by atoms with van der Waals surface area (Å²) in [5.41, 5.74) is 0. The molecule has 7 heteroatoms. The van der Waals surface area contributed by atoms with E-state index in [4.69, 9.17) is 5.11 Å². The Morgan fingerprint density at radius 1 is 1.50 bits per heavy atom. The number of nitrogens with zero attached hydrogens (tertiary/aromatic N) is 1. The summed E-state index contributed by atoms with van der Waals surface area (Å²) >= 11 is 1.16. The maximum absolute atomic E-state index is 12.3. The molecule has 5 nitrogen and oxygen atoms in total. The van der Waals surface area contributed by atoms with Crippen LogP contribution in [-0.4, -0.2) is 36.9 Å². The molecular formula is C11H15NO4S2. The van der Waals surface area contributed by atoms with E-state index in [9.17, 15) is 13.2 Å². The molecule has 1 aliphatic rings. The molecule has 2 heterocycles. The zero-order valence-corrected chi connectivity index (χ0v) is 11.6. The summed E-state index contributed by atoms with van der Waals surface area (Å²) in [7, 11) is -3.53. The Morgan fingerprint density at radius 2 is 2.22 bits per heavy atom. The predicted octanol–water partition coefficient (Wildman–Crippen LogP) is 1.48. The van der Waals surface area contributed by atoms with E-state index < -0.39 is 21.9 Å². The molecule has 1 N–H and O–H groups in total. The smallest absolute Gasteiger partial charge is 0.307 e. The summed E-state index contributed by atoms with van der Waals surface area (Å²) in [6, 6.07) is 3.23. The van der Waals surface area contributed by atoms with Crippen LogP contribution < -0.4 is 0 Å². The molecule has 1 aliphatic heterocycles. The first-order valence-electron chi connectivity index (χ1n) is 5.67. The number of hydrogen-bond donors (Lipinski definition) is 1. The average Bonchev–Trinajstić information content (AvgIpc) is 2.82. The summed E-state index contributed by atoms with van der Waals surface area (Å²) in [5.74, 6) is -1.47. The second kappa shape index (κ2) is 4.99. The van der Waals surface area contributed by atoms with Gasteiger partial charge in [-0.3, -0.25) is 4.79 Å². The SMILES string of the molecule is CC1CC(C(=O)O)CN(S(=O)(=O)c2cccs2)C1. The summed E-state index contributed by atoms with van der Waals surface area (Å²) in [6.07, 6.45) is 0.534. The third-order valence-electron chi connectivity index (χ3n) is 3.06. The Hall–Kier alpha value is -0.920. The normalized spacial score (nSPS) is 26.1. The lowest BCUT2D eigenvalue weighted by Crippen LogP contribution is -2.45. The van der Waals surface area contributed by atoms with E-state index in [2.05, 4.69) is 0 Å². The highest BCUT2D eigenvalue weighted by atomic mass is 32.2. The fraction of sp³-hybridized carbons (Fsp3) is 0.545. The van der Waals surface area contributed by atoms with Crippen LogP contribution in [-0.2, 0) is 14.8 Å². The van der Waals surface area contributed by atoms with Gasteiger partial charge < -0.3 is 5.11 Å². The number of piperidine rings is 1. The number of rotatable bonds is 3. The van der Waals surface area contributed by atoms with Crippen molar-refractivity contribution in [1.82, 2.24) is 4.31 Å². The molecule has 0 bridgehead atoms. The third-order valence-corrected chi connectivity index (χ3v) is 6.27. The Labute approximate surface area is 110 Å². The highest BCUT2D eigenvalue weighted by Crippen LogP contribution is 2.28. The standard InChI is InChI=1S/C11H15NO4S2/c1-8-5-9(11(13)14)7-12(6-8)18(15,16)10-3-2-4-17-10/h2-4,8-9H,5-7H2,1H3,(H,13,14). The van der Waals surface area contributed by atoms with Crippen molar-refractivity contribution in [2.75, 3.05) is 13.1 Å². The number of carbonyl (C=O) groups is 1. The van der Waals surface area contributed by atoms with E-state index in [0.29, 0.717) is 13.0 Å². The Morgan fingerprint density at radius 3 is 2.78 bits per heavy atom. The number of carboxylic acid groups (broad SMARTS) is 1. The van der Waals surface area contributed by atoms with Crippen molar-refractivity contribution >= 4 is 27.3 Å². The summed E-state index contributed by atoms with van der Waals surface area (Å²) < 4.78 is 26.2. The van der Waals surface area contributed by atoms with E-state index in [1.165, 1.54) is 4.31 Å². The van der Waals surface area contributed by atoms with Crippen LogP contribution in [0.25, 0.3) is 0 Å². The lowest BCUT2D eigenvalue weighted by Gasteiger charge is -2.33. The van der Waals surface area contributed by atoms with Crippen LogP contribution in [0.1, 0.15) is 13.3 Å². The maximum atomic E-state index is 12.3. The molecule has 0 aliphatic carbocycles. The third kappa shape index (κ3) is 2.57. The van der Waals surface area contributed by atoms with E-state index in [1.807, 2.05) is 6.92 Å². The molecular weight excluding hydrogens is 274 g/mol. The molecule has 0 spiro atoms. The molecule has 2 atom stereocenters. The van der Waals surface area contributed by atoms with Gasteiger partial charge in [-0.1, -0.05) is 13.0 Å². The quantitative estimate of drug-likeness (QED) is 0.914. The topological polar surface area (TPSA) is 74.7 Å². The lowest BCUT2D eigenvalue weighted by molar-refractivity contribution is -0.143. The number of sulfonamides is 1. The zero-order chi connectivity index (χ0) is 13.3. The van der Waals surface area contributed by atoms with Crippen molar-refractivity contribution in [3.63, 3.8) is 0 Å². The minimum atomic E-state index is -3.53. The molecule has 2 unspecified atom stereocenters. The van der Waals surface area contributed by atoms with Gasteiger partial charge in [0.1, 0.15) is 4.21 Å². The molecule has 1 aromatic heterocycles.